The van der Waals surface area contributed by atoms with Crippen molar-refractivity contribution in [3.63, 3.8) is 0 Å². The summed E-state index contributed by atoms with van der Waals surface area (Å²) in [6.45, 7) is 10.2. The SMILES string of the molecule is Cc1cc(-n2ccc(COc3ccc(Cl)cc3)cc2=O)ccc1OCOCC[Si](C)(C)C. The number of nitrogens with zero attached hydrogens (tertiary/aromatic N) is 1. The Morgan fingerprint density at radius 2 is 1.72 bits per heavy atom. The summed E-state index contributed by atoms with van der Waals surface area (Å²) in [6.07, 6.45) is 1.76. The molecule has 0 saturated heterocycles. The van der Waals surface area contributed by atoms with Crippen molar-refractivity contribution in [2.75, 3.05) is 13.4 Å². The Morgan fingerprint density at radius 1 is 0.969 bits per heavy atom. The Balaban J connectivity index is 1.59. The minimum Gasteiger partial charge on any atom is -0.489 e. The second-order valence-electron chi connectivity index (χ2n) is 8.92. The van der Waals surface area contributed by atoms with E-state index >= 15 is 0 Å². The summed E-state index contributed by atoms with van der Waals surface area (Å²) in [5, 5.41) is 0.654. The van der Waals surface area contributed by atoms with E-state index in [1.54, 1.807) is 41.1 Å². The van der Waals surface area contributed by atoms with E-state index in [1.807, 2.05) is 31.2 Å². The Bertz CT molecular complexity index is 1090. The van der Waals surface area contributed by atoms with Gasteiger partial charge in [-0.15, -0.1) is 0 Å². The number of aryl methyl sites for hydroxylation is 1. The van der Waals surface area contributed by atoms with Gasteiger partial charge in [-0.05, 0) is 72.6 Å². The van der Waals surface area contributed by atoms with E-state index in [9.17, 15) is 4.79 Å². The number of benzene rings is 2. The smallest absolute Gasteiger partial charge is 0.255 e. The molecule has 3 rings (SSSR count). The third kappa shape index (κ3) is 7.26. The first kappa shape index (κ1) is 24.1. The van der Waals surface area contributed by atoms with Gasteiger partial charge >= 0.3 is 0 Å². The zero-order chi connectivity index (χ0) is 23.1. The predicted molar refractivity (Wildman–Crippen MR) is 132 cm³/mol. The summed E-state index contributed by atoms with van der Waals surface area (Å²) in [5.74, 6) is 1.46. The summed E-state index contributed by atoms with van der Waals surface area (Å²) in [4.78, 5) is 12.7. The second-order valence-corrected chi connectivity index (χ2v) is 15.0. The van der Waals surface area contributed by atoms with Crippen LogP contribution in [0.2, 0.25) is 30.7 Å². The van der Waals surface area contributed by atoms with Gasteiger partial charge in [-0.2, -0.15) is 0 Å². The van der Waals surface area contributed by atoms with Crippen molar-refractivity contribution in [2.24, 2.45) is 0 Å². The van der Waals surface area contributed by atoms with Crippen molar-refractivity contribution < 1.29 is 14.2 Å². The van der Waals surface area contributed by atoms with Crippen LogP contribution in [0.4, 0.5) is 0 Å². The van der Waals surface area contributed by atoms with Crippen molar-refractivity contribution in [3.8, 4) is 17.2 Å². The van der Waals surface area contributed by atoms with Crippen LogP contribution in [-0.4, -0.2) is 26.0 Å². The molecule has 0 atom stereocenters. The Labute approximate surface area is 195 Å². The fourth-order valence-corrected chi connectivity index (χ4v) is 3.89. The highest BCUT2D eigenvalue weighted by Crippen LogP contribution is 2.21. The molecule has 0 fully saturated rings. The van der Waals surface area contributed by atoms with Gasteiger partial charge < -0.3 is 14.2 Å². The number of hydrogen-bond donors (Lipinski definition) is 0. The molecular formula is C25H30ClNO4Si. The lowest BCUT2D eigenvalue weighted by molar-refractivity contribution is 0.0216. The minimum absolute atomic E-state index is 0.120. The molecule has 0 aliphatic carbocycles. The summed E-state index contributed by atoms with van der Waals surface area (Å²) < 4.78 is 18.7. The van der Waals surface area contributed by atoms with Gasteiger partial charge in [0.05, 0.1) is 0 Å². The zero-order valence-electron chi connectivity index (χ0n) is 19.1. The summed E-state index contributed by atoms with van der Waals surface area (Å²) in [6, 6.07) is 17.4. The van der Waals surface area contributed by atoms with Crippen LogP contribution in [0.1, 0.15) is 11.1 Å². The molecule has 5 nitrogen and oxygen atoms in total. The molecule has 1 heterocycles. The fraction of sp³-hybridized carbons (Fsp3) is 0.320. The van der Waals surface area contributed by atoms with Gasteiger partial charge in [0.2, 0.25) is 0 Å². The standard InChI is InChI=1S/C25H30ClNO4Si/c1-19-15-22(7-10-24(19)31-18-29-13-14-32(2,3)4)27-12-11-20(16-25(27)28)17-30-23-8-5-21(26)6-9-23/h5-12,15-16H,13-14,17-18H2,1-4H3. The van der Waals surface area contributed by atoms with Crippen molar-refractivity contribution >= 4 is 19.7 Å². The van der Waals surface area contributed by atoms with Gasteiger partial charge in [-0.3, -0.25) is 9.36 Å². The van der Waals surface area contributed by atoms with E-state index in [2.05, 4.69) is 19.6 Å². The summed E-state index contributed by atoms with van der Waals surface area (Å²) >= 11 is 5.89. The van der Waals surface area contributed by atoms with E-state index in [1.165, 1.54) is 0 Å². The Hall–Kier alpha value is -2.54. The largest absolute Gasteiger partial charge is 0.489 e. The van der Waals surface area contributed by atoms with Crippen molar-refractivity contribution in [1.82, 2.24) is 4.57 Å². The molecule has 0 unspecified atom stereocenters. The summed E-state index contributed by atoms with van der Waals surface area (Å²) in [5.41, 5.74) is 2.40. The zero-order valence-corrected chi connectivity index (χ0v) is 20.8. The molecule has 0 spiro atoms. The molecule has 0 saturated carbocycles. The van der Waals surface area contributed by atoms with Gasteiger partial charge in [0.25, 0.3) is 5.56 Å². The Kier molecular flexibility index (Phi) is 8.18. The number of aromatic nitrogens is 1. The van der Waals surface area contributed by atoms with E-state index in [0.29, 0.717) is 17.4 Å². The molecule has 0 radical (unpaired) electrons. The highest BCUT2D eigenvalue weighted by Gasteiger charge is 2.12. The van der Waals surface area contributed by atoms with Crippen LogP contribution in [-0.2, 0) is 11.3 Å². The van der Waals surface area contributed by atoms with Gasteiger partial charge in [0, 0.05) is 37.7 Å². The fourth-order valence-electron chi connectivity index (χ4n) is 3.01. The lowest BCUT2D eigenvalue weighted by Crippen LogP contribution is -2.22. The van der Waals surface area contributed by atoms with Crippen molar-refractivity contribution in [3.05, 3.63) is 87.3 Å². The summed E-state index contributed by atoms with van der Waals surface area (Å²) in [7, 11) is -1.10. The molecule has 2 aromatic carbocycles. The number of rotatable bonds is 10. The van der Waals surface area contributed by atoms with Crippen LogP contribution in [0.5, 0.6) is 11.5 Å². The van der Waals surface area contributed by atoms with E-state index in [0.717, 1.165) is 35.2 Å². The molecule has 0 aliphatic heterocycles. The quantitative estimate of drug-likeness (QED) is 0.204. The maximum atomic E-state index is 12.7. The molecule has 0 N–H and O–H groups in total. The molecular weight excluding hydrogens is 442 g/mol. The van der Waals surface area contributed by atoms with Gasteiger partial charge in [0.1, 0.15) is 18.1 Å². The molecule has 0 amide bonds. The molecule has 170 valence electrons. The molecule has 1 aromatic heterocycles. The van der Waals surface area contributed by atoms with Crippen LogP contribution in [0, 0.1) is 6.92 Å². The maximum absolute atomic E-state index is 12.7. The number of ether oxygens (including phenoxy) is 3. The minimum atomic E-state index is -1.10. The monoisotopic (exact) mass is 471 g/mol. The first-order valence-electron chi connectivity index (χ1n) is 10.6. The average molecular weight is 472 g/mol. The third-order valence-electron chi connectivity index (χ3n) is 4.93. The van der Waals surface area contributed by atoms with Crippen LogP contribution in [0.3, 0.4) is 0 Å². The topological polar surface area (TPSA) is 49.7 Å². The van der Waals surface area contributed by atoms with E-state index in [-0.39, 0.29) is 12.4 Å². The number of halogens is 1. The van der Waals surface area contributed by atoms with E-state index in [4.69, 9.17) is 25.8 Å². The third-order valence-corrected chi connectivity index (χ3v) is 6.89. The molecule has 7 heteroatoms. The highest BCUT2D eigenvalue weighted by molar-refractivity contribution is 6.76. The highest BCUT2D eigenvalue weighted by atomic mass is 35.5. The molecule has 3 aromatic rings. The van der Waals surface area contributed by atoms with Crippen LogP contribution in [0.25, 0.3) is 5.69 Å². The van der Waals surface area contributed by atoms with E-state index < -0.39 is 8.07 Å². The first-order valence-corrected chi connectivity index (χ1v) is 14.7. The number of pyridine rings is 1. The predicted octanol–water partition coefficient (Wildman–Crippen LogP) is 6.07. The van der Waals surface area contributed by atoms with Gasteiger partial charge in [-0.25, -0.2) is 0 Å². The average Bonchev–Trinajstić information content (AvgIpc) is 2.73. The van der Waals surface area contributed by atoms with Crippen LogP contribution in [0.15, 0.2) is 65.6 Å². The lowest BCUT2D eigenvalue weighted by atomic mass is 10.2. The van der Waals surface area contributed by atoms with Crippen molar-refractivity contribution in [2.45, 2.75) is 39.2 Å². The van der Waals surface area contributed by atoms with Crippen molar-refractivity contribution in [1.29, 1.82) is 0 Å². The Morgan fingerprint density at radius 3 is 2.38 bits per heavy atom. The van der Waals surface area contributed by atoms with Gasteiger partial charge in [0.15, 0.2) is 6.79 Å². The molecule has 0 bridgehead atoms. The normalized spacial score (nSPS) is 11.4. The van der Waals surface area contributed by atoms with Gasteiger partial charge in [-0.1, -0.05) is 31.2 Å². The van der Waals surface area contributed by atoms with Crippen LogP contribution >= 0.6 is 11.6 Å². The maximum Gasteiger partial charge on any atom is 0.255 e. The van der Waals surface area contributed by atoms with Crippen LogP contribution < -0.4 is 15.0 Å². The number of hydrogen-bond acceptors (Lipinski definition) is 4. The first-order chi connectivity index (χ1) is 15.2. The lowest BCUT2D eigenvalue weighted by Gasteiger charge is -2.16. The molecule has 0 aliphatic rings. The second kappa shape index (κ2) is 10.9. The molecule has 32 heavy (non-hydrogen) atoms.